The summed E-state index contributed by atoms with van der Waals surface area (Å²) in [5.41, 5.74) is 13.2. The molecule has 0 aromatic heterocycles. The summed E-state index contributed by atoms with van der Waals surface area (Å²) in [5.74, 6) is 0. The van der Waals surface area contributed by atoms with Crippen LogP contribution in [-0.2, 0) is 6.54 Å². The second kappa shape index (κ2) is 5.45. The Morgan fingerprint density at radius 3 is 2.32 bits per heavy atom. The van der Waals surface area contributed by atoms with E-state index < -0.39 is 0 Å². The lowest BCUT2D eigenvalue weighted by atomic mass is 10.0. The van der Waals surface area contributed by atoms with E-state index in [1.54, 1.807) is 0 Å². The molecular formula is C17H22N2. The Morgan fingerprint density at radius 1 is 0.947 bits per heavy atom. The summed E-state index contributed by atoms with van der Waals surface area (Å²) in [7, 11) is 2.10. The number of hydrogen-bond acceptors (Lipinski definition) is 2. The summed E-state index contributed by atoms with van der Waals surface area (Å²) in [6.45, 7) is 7.04. The molecule has 2 N–H and O–H groups in total. The molecule has 2 rings (SSSR count). The van der Waals surface area contributed by atoms with Gasteiger partial charge in [0.2, 0.25) is 0 Å². The largest absolute Gasteiger partial charge is 0.344 e. The molecular weight excluding hydrogens is 232 g/mol. The third-order valence-corrected chi connectivity index (χ3v) is 3.71. The topological polar surface area (TPSA) is 29.3 Å². The number of hydrogen-bond donors (Lipinski definition) is 1. The maximum absolute atomic E-state index is 5.71. The van der Waals surface area contributed by atoms with Crippen molar-refractivity contribution in [3.8, 4) is 0 Å². The molecule has 2 aromatic rings. The fourth-order valence-electron chi connectivity index (χ4n) is 2.34. The average molecular weight is 254 g/mol. The quantitative estimate of drug-likeness (QED) is 0.901. The highest BCUT2D eigenvalue weighted by molar-refractivity contribution is 5.67. The van der Waals surface area contributed by atoms with Gasteiger partial charge in [-0.15, -0.1) is 0 Å². The Balaban J connectivity index is 2.43. The molecule has 0 aliphatic carbocycles. The van der Waals surface area contributed by atoms with Gasteiger partial charge in [0, 0.05) is 25.0 Å². The molecule has 0 bridgehead atoms. The molecule has 0 amide bonds. The minimum atomic E-state index is 0.577. The standard InChI is InChI=1S/C17H22N2/c1-12-8-14(3)17(9-13(12)2)19(4)16-7-5-6-15(10-16)11-18/h5-10H,11,18H2,1-4H3. The molecule has 0 aliphatic heterocycles. The van der Waals surface area contributed by atoms with E-state index in [-0.39, 0.29) is 0 Å². The zero-order valence-electron chi connectivity index (χ0n) is 12.2. The lowest BCUT2D eigenvalue weighted by molar-refractivity contribution is 1.06. The van der Waals surface area contributed by atoms with Crippen LogP contribution in [0.1, 0.15) is 22.3 Å². The predicted molar refractivity (Wildman–Crippen MR) is 83.0 cm³/mol. The summed E-state index contributed by atoms with van der Waals surface area (Å²) in [6.07, 6.45) is 0. The highest BCUT2D eigenvalue weighted by atomic mass is 15.1. The first kappa shape index (κ1) is 13.6. The van der Waals surface area contributed by atoms with Gasteiger partial charge in [0.05, 0.1) is 0 Å². The Kier molecular flexibility index (Phi) is 3.91. The van der Waals surface area contributed by atoms with Crippen LogP contribution >= 0.6 is 0 Å². The van der Waals surface area contributed by atoms with Gasteiger partial charge in [0.15, 0.2) is 0 Å². The van der Waals surface area contributed by atoms with E-state index >= 15 is 0 Å². The van der Waals surface area contributed by atoms with Crippen LogP contribution in [-0.4, -0.2) is 7.05 Å². The molecule has 0 heterocycles. The number of aryl methyl sites for hydroxylation is 3. The minimum Gasteiger partial charge on any atom is -0.344 e. The fraction of sp³-hybridized carbons (Fsp3) is 0.294. The van der Waals surface area contributed by atoms with Gasteiger partial charge in [-0.25, -0.2) is 0 Å². The van der Waals surface area contributed by atoms with Crippen molar-refractivity contribution in [2.75, 3.05) is 11.9 Å². The van der Waals surface area contributed by atoms with Crippen molar-refractivity contribution < 1.29 is 0 Å². The zero-order chi connectivity index (χ0) is 14.0. The van der Waals surface area contributed by atoms with Crippen LogP contribution in [0.3, 0.4) is 0 Å². The molecule has 0 fully saturated rings. The molecule has 0 saturated carbocycles. The number of benzene rings is 2. The first-order valence-electron chi connectivity index (χ1n) is 6.63. The molecule has 0 saturated heterocycles. The Morgan fingerprint density at radius 2 is 1.63 bits per heavy atom. The summed E-state index contributed by atoms with van der Waals surface area (Å²) in [4.78, 5) is 2.22. The molecule has 0 radical (unpaired) electrons. The highest BCUT2D eigenvalue weighted by Gasteiger charge is 2.09. The molecule has 100 valence electrons. The first-order valence-corrected chi connectivity index (χ1v) is 6.63. The van der Waals surface area contributed by atoms with Crippen LogP contribution in [0.4, 0.5) is 11.4 Å². The lowest BCUT2D eigenvalue weighted by Crippen LogP contribution is -2.12. The second-order valence-corrected chi connectivity index (χ2v) is 5.16. The summed E-state index contributed by atoms with van der Waals surface area (Å²) >= 11 is 0. The molecule has 0 unspecified atom stereocenters. The van der Waals surface area contributed by atoms with Crippen molar-refractivity contribution in [1.29, 1.82) is 0 Å². The third-order valence-electron chi connectivity index (χ3n) is 3.71. The van der Waals surface area contributed by atoms with Crippen molar-refractivity contribution >= 4 is 11.4 Å². The van der Waals surface area contributed by atoms with E-state index in [0.717, 1.165) is 5.56 Å². The van der Waals surface area contributed by atoms with Gasteiger partial charge in [-0.05, 0) is 61.2 Å². The van der Waals surface area contributed by atoms with Gasteiger partial charge in [-0.1, -0.05) is 18.2 Å². The maximum Gasteiger partial charge on any atom is 0.0440 e. The van der Waals surface area contributed by atoms with E-state index in [0.29, 0.717) is 6.54 Å². The van der Waals surface area contributed by atoms with E-state index in [2.05, 4.69) is 69.1 Å². The smallest absolute Gasteiger partial charge is 0.0440 e. The van der Waals surface area contributed by atoms with Crippen molar-refractivity contribution in [2.24, 2.45) is 5.73 Å². The highest BCUT2D eigenvalue weighted by Crippen LogP contribution is 2.29. The van der Waals surface area contributed by atoms with Gasteiger partial charge in [-0.3, -0.25) is 0 Å². The molecule has 0 spiro atoms. The van der Waals surface area contributed by atoms with Gasteiger partial charge in [0.1, 0.15) is 0 Å². The van der Waals surface area contributed by atoms with Crippen LogP contribution in [0.15, 0.2) is 36.4 Å². The van der Waals surface area contributed by atoms with E-state index in [1.165, 1.54) is 28.1 Å². The summed E-state index contributed by atoms with van der Waals surface area (Å²) < 4.78 is 0. The minimum absolute atomic E-state index is 0.577. The van der Waals surface area contributed by atoms with Gasteiger partial charge < -0.3 is 10.6 Å². The number of rotatable bonds is 3. The zero-order valence-corrected chi connectivity index (χ0v) is 12.2. The number of nitrogens with zero attached hydrogens (tertiary/aromatic N) is 1. The van der Waals surface area contributed by atoms with Gasteiger partial charge in [0.25, 0.3) is 0 Å². The van der Waals surface area contributed by atoms with Crippen molar-refractivity contribution in [3.63, 3.8) is 0 Å². The van der Waals surface area contributed by atoms with E-state index in [4.69, 9.17) is 5.73 Å². The molecule has 2 heteroatoms. The maximum atomic E-state index is 5.71. The molecule has 19 heavy (non-hydrogen) atoms. The van der Waals surface area contributed by atoms with Crippen LogP contribution in [0.5, 0.6) is 0 Å². The third kappa shape index (κ3) is 2.79. The van der Waals surface area contributed by atoms with Crippen LogP contribution in [0.25, 0.3) is 0 Å². The average Bonchev–Trinajstić information content (AvgIpc) is 2.42. The fourth-order valence-corrected chi connectivity index (χ4v) is 2.34. The van der Waals surface area contributed by atoms with Crippen LogP contribution in [0, 0.1) is 20.8 Å². The van der Waals surface area contributed by atoms with Crippen molar-refractivity contribution in [2.45, 2.75) is 27.3 Å². The van der Waals surface area contributed by atoms with Crippen LogP contribution in [0.2, 0.25) is 0 Å². The van der Waals surface area contributed by atoms with E-state index in [1.807, 2.05) is 0 Å². The molecule has 2 nitrogen and oxygen atoms in total. The van der Waals surface area contributed by atoms with Gasteiger partial charge in [-0.2, -0.15) is 0 Å². The second-order valence-electron chi connectivity index (χ2n) is 5.16. The Hall–Kier alpha value is -1.80. The van der Waals surface area contributed by atoms with Crippen molar-refractivity contribution in [3.05, 3.63) is 58.7 Å². The summed E-state index contributed by atoms with van der Waals surface area (Å²) in [5, 5.41) is 0. The molecule has 0 atom stereocenters. The van der Waals surface area contributed by atoms with Crippen molar-refractivity contribution in [1.82, 2.24) is 0 Å². The summed E-state index contributed by atoms with van der Waals surface area (Å²) in [6, 6.07) is 12.9. The monoisotopic (exact) mass is 254 g/mol. The Bertz CT molecular complexity index is 588. The van der Waals surface area contributed by atoms with Gasteiger partial charge >= 0.3 is 0 Å². The molecule has 2 aromatic carbocycles. The normalized spacial score (nSPS) is 10.6. The Labute approximate surface area is 115 Å². The lowest BCUT2D eigenvalue weighted by Gasteiger charge is -2.23. The number of nitrogens with two attached hydrogens (primary N) is 1. The van der Waals surface area contributed by atoms with Crippen LogP contribution < -0.4 is 10.6 Å². The SMILES string of the molecule is Cc1cc(C)c(N(C)c2cccc(CN)c2)cc1C. The predicted octanol–water partition coefficient (Wildman–Crippen LogP) is 3.84. The number of anilines is 2. The first-order chi connectivity index (χ1) is 9.02. The molecule has 0 aliphatic rings. The van der Waals surface area contributed by atoms with E-state index in [9.17, 15) is 0 Å².